The van der Waals surface area contributed by atoms with Crippen molar-refractivity contribution in [2.75, 3.05) is 23.3 Å². The molecule has 2 aromatic heterocycles. The number of hydrogen-bond acceptors (Lipinski definition) is 8. The van der Waals surface area contributed by atoms with Gasteiger partial charge in [-0.1, -0.05) is 11.3 Å². The fraction of sp³-hybridized carbons (Fsp3) is 0.393. The molecule has 2 aliphatic rings. The van der Waals surface area contributed by atoms with Crippen LogP contribution < -0.4 is 10.2 Å². The molecule has 2 unspecified atom stereocenters. The Balaban J connectivity index is 1.51. The molecule has 0 saturated carbocycles. The molecule has 2 fully saturated rings. The standard InChI is InChI=1S/C28H24F6N6O4S/c1-27(2,3)44-25(41)38-24-36-20-13(6-7-16(29)21(20)45-24)17-15(28(32,33)34)8-14-19(18(17)30)35-23(31)37-22(14)39-9-11-4-5-12(10-39)40(11)26(42)43/h6-8,11-12H,4-5,9-10H2,1-3H3,(H,42,43)(H,36,38,41). The number of fused-ring (bicyclic) bond motifs is 4. The van der Waals surface area contributed by atoms with Crippen molar-refractivity contribution in [2.24, 2.45) is 0 Å². The van der Waals surface area contributed by atoms with Crippen LogP contribution in [0.5, 0.6) is 0 Å². The molecule has 2 aliphatic heterocycles. The van der Waals surface area contributed by atoms with Crippen LogP contribution >= 0.6 is 11.3 Å². The Labute approximate surface area is 254 Å². The van der Waals surface area contributed by atoms with Crippen molar-refractivity contribution in [1.29, 1.82) is 0 Å². The summed E-state index contributed by atoms with van der Waals surface area (Å²) in [7, 11) is 0. The zero-order valence-electron chi connectivity index (χ0n) is 23.8. The summed E-state index contributed by atoms with van der Waals surface area (Å²) >= 11 is 0.602. The van der Waals surface area contributed by atoms with E-state index >= 15 is 4.39 Å². The van der Waals surface area contributed by atoms with Gasteiger partial charge in [0.1, 0.15) is 22.8 Å². The average Bonchev–Trinajstić information content (AvgIpc) is 3.46. The lowest BCUT2D eigenvalue weighted by molar-refractivity contribution is -0.137. The summed E-state index contributed by atoms with van der Waals surface area (Å²) in [4.78, 5) is 38.0. The highest BCUT2D eigenvalue weighted by molar-refractivity contribution is 7.22. The molecule has 0 radical (unpaired) electrons. The average molecular weight is 655 g/mol. The molecule has 2 saturated heterocycles. The SMILES string of the molecule is CC(C)(C)OC(=O)Nc1nc2c(-c3c(C(F)(F)F)cc4c(N5CC6CCC(C5)N6C(=O)O)nc(F)nc4c3F)ccc(F)c2s1. The van der Waals surface area contributed by atoms with Gasteiger partial charge in [0.15, 0.2) is 10.9 Å². The number of carbonyl (C=O) groups excluding carboxylic acids is 1. The van der Waals surface area contributed by atoms with E-state index in [0.717, 1.165) is 12.1 Å². The van der Waals surface area contributed by atoms with Gasteiger partial charge >= 0.3 is 24.4 Å². The third-order valence-corrected chi connectivity index (χ3v) is 8.54. The van der Waals surface area contributed by atoms with Gasteiger partial charge in [0.2, 0.25) is 0 Å². The predicted octanol–water partition coefficient (Wildman–Crippen LogP) is 7.02. The highest BCUT2D eigenvalue weighted by Gasteiger charge is 2.44. The molecule has 2 N–H and O–H groups in total. The smallest absolute Gasteiger partial charge is 0.417 e. The van der Waals surface area contributed by atoms with E-state index in [-0.39, 0.29) is 34.3 Å². The Morgan fingerprint density at radius 3 is 2.29 bits per heavy atom. The third-order valence-electron chi connectivity index (χ3n) is 7.56. The lowest BCUT2D eigenvalue weighted by Crippen LogP contribution is -2.55. The van der Waals surface area contributed by atoms with Gasteiger partial charge in [0.25, 0.3) is 0 Å². The number of nitrogens with zero attached hydrogens (tertiary/aromatic N) is 5. The molecule has 2 amide bonds. The van der Waals surface area contributed by atoms with Gasteiger partial charge in [-0.2, -0.15) is 27.5 Å². The Bertz CT molecular complexity index is 1860. The molecule has 0 aliphatic carbocycles. The maximum atomic E-state index is 16.4. The van der Waals surface area contributed by atoms with Gasteiger partial charge in [-0.05, 0) is 51.8 Å². The second kappa shape index (κ2) is 10.6. The molecular formula is C28H24F6N6O4S. The number of carbonyl (C=O) groups is 2. The van der Waals surface area contributed by atoms with Gasteiger partial charge in [-0.3, -0.25) is 10.2 Å². The molecular weight excluding hydrogens is 630 g/mol. The highest BCUT2D eigenvalue weighted by Crippen LogP contribution is 2.46. The lowest BCUT2D eigenvalue weighted by Gasteiger charge is -2.40. The van der Waals surface area contributed by atoms with Crippen LogP contribution in [0.1, 0.15) is 39.2 Å². The molecule has 238 valence electrons. The van der Waals surface area contributed by atoms with Crippen LogP contribution in [0.15, 0.2) is 18.2 Å². The fourth-order valence-electron chi connectivity index (χ4n) is 5.92. The Morgan fingerprint density at radius 1 is 1.02 bits per heavy atom. The van der Waals surface area contributed by atoms with E-state index < -0.39 is 81.4 Å². The van der Waals surface area contributed by atoms with Crippen molar-refractivity contribution in [3.63, 3.8) is 0 Å². The van der Waals surface area contributed by atoms with Crippen molar-refractivity contribution in [3.05, 3.63) is 41.5 Å². The van der Waals surface area contributed by atoms with Crippen LogP contribution in [0.3, 0.4) is 0 Å². The van der Waals surface area contributed by atoms with Gasteiger partial charge in [0.05, 0.1) is 27.9 Å². The first kappa shape index (κ1) is 30.6. The lowest BCUT2D eigenvalue weighted by atomic mass is 9.95. The molecule has 4 aromatic rings. The molecule has 2 bridgehead atoms. The Kier molecular flexibility index (Phi) is 7.21. The van der Waals surface area contributed by atoms with Gasteiger partial charge in [-0.25, -0.2) is 23.4 Å². The summed E-state index contributed by atoms with van der Waals surface area (Å²) in [6.07, 6.45) is -7.68. The first-order chi connectivity index (χ1) is 21.0. The molecule has 2 atom stereocenters. The molecule has 0 spiro atoms. The number of amides is 2. The summed E-state index contributed by atoms with van der Waals surface area (Å²) in [5.41, 5.74) is -5.03. The summed E-state index contributed by atoms with van der Waals surface area (Å²) in [6, 6.07) is 1.33. The third kappa shape index (κ3) is 5.53. The van der Waals surface area contributed by atoms with E-state index in [9.17, 15) is 36.6 Å². The summed E-state index contributed by atoms with van der Waals surface area (Å²) in [5.74, 6) is -2.74. The van der Waals surface area contributed by atoms with E-state index in [0.29, 0.717) is 30.2 Å². The minimum Gasteiger partial charge on any atom is -0.465 e. The van der Waals surface area contributed by atoms with Crippen LogP contribution in [0.4, 0.5) is 46.9 Å². The van der Waals surface area contributed by atoms with Crippen molar-refractivity contribution < 1.29 is 45.8 Å². The van der Waals surface area contributed by atoms with Gasteiger partial charge in [-0.15, -0.1) is 0 Å². The monoisotopic (exact) mass is 654 g/mol. The van der Waals surface area contributed by atoms with Crippen LogP contribution in [0, 0.1) is 17.7 Å². The minimum atomic E-state index is -5.16. The number of aromatic nitrogens is 3. The van der Waals surface area contributed by atoms with E-state index in [1.54, 1.807) is 20.8 Å². The summed E-state index contributed by atoms with van der Waals surface area (Å²) < 4.78 is 94.9. The van der Waals surface area contributed by atoms with Crippen molar-refractivity contribution >= 4 is 55.6 Å². The zero-order chi connectivity index (χ0) is 32.6. The second-order valence-electron chi connectivity index (χ2n) is 11.7. The number of hydrogen-bond donors (Lipinski definition) is 2. The zero-order valence-corrected chi connectivity index (χ0v) is 24.6. The molecule has 6 rings (SSSR count). The number of nitrogens with one attached hydrogen (secondary N) is 1. The van der Waals surface area contributed by atoms with Crippen molar-refractivity contribution in [3.8, 4) is 11.1 Å². The van der Waals surface area contributed by atoms with E-state index in [2.05, 4.69) is 20.3 Å². The van der Waals surface area contributed by atoms with Crippen LogP contribution in [-0.4, -0.2) is 67.9 Å². The first-order valence-electron chi connectivity index (χ1n) is 13.6. The largest absolute Gasteiger partial charge is 0.465 e. The number of ether oxygens (including phenoxy) is 1. The quantitative estimate of drug-likeness (QED) is 0.179. The number of halogens is 6. The van der Waals surface area contributed by atoms with Gasteiger partial charge < -0.3 is 14.7 Å². The summed E-state index contributed by atoms with van der Waals surface area (Å²) in [5, 5.41) is 11.2. The Morgan fingerprint density at radius 2 is 1.69 bits per heavy atom. The first-order valence-corrected chi connectivity index (χ1v) is 14.5. The topological polar surface area (TPSA) is 121 Å². The second-order valence-corrected chi connectivity index (χ2v) is 12.7. The normalized spacial score (nSPS) is 18.6. The molecule has 17 heteroatoms. The van der Waals surface area contributed by atoms with E-state index in [1.165, 1.54) is 9.80 Å². The van der Waals surface area contributed by atoms with Crippen LogP contribution in [0.25, 0.3) is 32.2 Å². The van der Waals surface area contributed by atoms with Crippen LogP contribution in [0.2, 0.25) is 0 Å². The molecule has 4 heterocycles. The van der Waals surface area contributed by atoms with Crippen LogP contribution in [-0.2, 0) is 10.9 Å². The number of anilines is 2. The fourth-order valence-corrected chi connectivity index (χ4v) is 6.80. The maximum absolute atomic E-state index is 16.4. The number of alkyl halides is 3. The highest BCUT2D eigenvalue weighted by atomic mass is 32.1. The number of thiazole rings is 1. The summed E-state index contributed by atoms with van der Waals surface area (Å²) in [6.45, 7) is 4.81. The molecule has 45 heavy (non-hydrogen) atoms. The van der Waals surface area contributed by atoms with E-state index in [1.807, 2.05) is 0 Å². The Hall–Kier alpha value is -4.41. The molecule has 2 aromatic carbocycles. The van der Waals surface area contributed by atoms with Crippen molar-refractivity contribution in [1.82, 2.24) is 19.9 Å². The number of piperazine rings is 1. The van der Waals surface area contributed by atoms with Gasteiger partial charge in [0, 0.05) is 29.6 Å². The predicted molar refractivity (Wildman–Crippen MR) is 152 cm³/mol. The minimum absolute atomic E-state index is 0.00388. The van der Waals surface area contributed by atoms with Crippen molar-refractivity contribution in [2.45, 2.75) is 57.5 Å². The molecule has 10 nitrogen and oxygen atoms in total. The maximum Gasteiger partial charge on any atom is 0.417 e. The number of rotatable bonds is 3. The number of carboxylic acid groups (broad SMARTS) is 1. The van der Waals surface area contributed by atoms with E-state index in [4.69, 9.17) is 4.74 Å². The number of benzene rings is 2.